The molecule has 1 unspecified atom stereocenters. The highest BCUT2D eigenvalue weighted by molar-refractivity contribution is 6.10. The second kappa shape index (κ2) is 16.5. The molecule has 16 nitrogen and oxygen atoms in total. The number of anilines is 2. The summed E-state index contributed by atoms with van der Waals surface area (Å²) in [6.45, 7) is 2.69. The van der Waals surface area contributed by atoms with E-state index in [2.05, 4.69) is 41.5 Å². The van der Waals surface area contributed by atoms with E-state index in [1.807, 2.05) is 0 Å². The zero-order valence-electron chi connectivity index (χ0n) is 26.1. The van der Waals surface area contributed by atoms with Crippen LogP contribution in [0.5, 0.6) is 0 Å². The number of Topliss-reactive ketones (excluding diaryl/α,β-unsaturated/α-hetero) is 1. The Morgan fingerprint density at radius 1 is 0.708 bits per heavy atom. The number of imidazole rings is 1. The van der Waals surface area contributed by atoms with Crippen molar-refractivity contribution in [2.24, 2.45) is 21.7 Å². The number of amides is 4. The molecule has 4 amide bonds. The standard InChI is InChI=1S/C32H36N10O6/c1-18(43)27(31(47)37-23-8-9-25-26(17-23)40-32(48)39-25)42-41-22-6-4-19(5-7-22)30(46)38-24-15-20(28(44)35-12-2-10-33)14-21(16-24)29(45)36-13-3-11-34/h4-9,14-17,27H,2-3,10-13,33-34H2,1H3,(H,35,44)(H,36,45)(H,37,47)(H,38,46)(H2,39,40,48). The number of aromatic nitrogens is 2. The molecule has 0 saturated heterocycles. The third-order valence-corrected chi connectivity index (χ3v) is 6.88. The molecule has 1 heterocycles. The quantitative estimate of drug-likeness (QED) is 0.0531. The van der Waals surface area contributed by atoms with Gasteiger partial charge in [-0.05, 0) is 93.5 Å². The zero-order valence-corrected chi connectivity index (χ0v) is 26.1. The molecule has 4 aromatic rings. The van der Waals surface area contributed by atoms with Crippen molar-refractivity contribution < 1.29 is 24.0 Å². The Hall–Kier alpha value is -6.00. The molecule has 1 aromatic heterocycles. The van der Waals surface area contributed by atoms with Crippen LogP contribution in [0.15, 0.2) is 75.7 Å². The smallest absolute Gasteiger partial charge is 0.323 e. The molecule has 0 fully saturated rings. The van der Waals surface area contributed by atoms with Crippen LogP contribution in [0.1, 0.15) is 50.8 Å². The minimum Gasteiger partial charge on any atom is -0.352 e. The number of aromatic amines is 2. The van der Waals surface area contributed by atoms with Crippen LogP contribution in [0.4, 0.5) is 17.1 Å². The maximum absolute atomic E-state index is 13.1. The van der Waals surface area contributed by atoms with Crippen molar-refractivity contribution >= 4 is 57.5 Å². The molecule has 0 saturated carbocycles. The number of ketones is 1. The van der Waals surface area contributed by atoms with E-state index in [-0.39, 0.29) is 28.1 Å². The predicted molar refractivity (Wildman–Crippen MR) is 179 cm³/mol. The molecular weight excluding hydrogens is 620 g/mol. The fourth-order valence-corrected chi connectivity index (χ4v) is 4.42. The van der Waals surface area contributed by atoms with Crippen molar-refractivity contribution in [3.8, 4) is 0 Å². The van der Waals surface area contributed by atoms with E-state index in [1.54, 1.807) is 12.1 Å². The summed E-state index contributed by atoms with van der Waals surface area (Å²) < 4.78 is 0. The maximum atomic E-state index is 13.1. The fourth-order valence-electron chi connectivity index (χ4n) is 4.42. The first-order valence-corrected chi connectivity index (χ1v) is 15.0. The number of azo groups is 1. The SMILES string of the molecule is CC(=O)C(N=Nc1ccc(C(=O)Nc2cc(C(=O)NCCCN)cc(C(=O)NCCCN)c2)cc1)C(=O)Nc1ccc2[nH]c(=O)[nH]c2c1. The second-order valence-electron chi connectivity index (χ2n) is 10.7. The summed E-state index contributed by atoms with van der Waals surface area (Å²) in [5, 5.41) is 18.7. The molecule has 0 aliphatic carbocycles. The van der Waals surface area contributed by atoms with Gasteiger partial charge in [-0.1, -0.05) is 0 Å². The van der Waals surface area contributed by atoms with Crippen LogP contribution in [0.2, 0.25) is 0 Å². The molecule has 1 atom stereocenters. The van der Waals surface area contributed by atoms with Gasteiger partial charge in [-0.15, -0.1) is 0 Å². The van der Waals surface area contributed by atoms with E-state index < -0.39 is 41.1 Å². The minimum absolute atomic E-state index is 0.175. The molecule has 0 spiro atoms. The minimum atomic E-state index is -1.45. The van der Waals surface area contributed by atoms with Gasteiger partial charge in [-0.3, -0.25) is 24.0 Å². The Morgan fingerprint density at radius 3 is 1.90 bits per heavy atom. The lowest BCUT2D eigenvalue weighted by Gasteiger charge is -2.12. The molecule has 0 bridgehead atoms. The van der Waals surface area contributed by atoms with Gasteiger partial charge in [0.2, 0.25) is 6.04 Å². The summed E-state index contributed by atoms with van der Waals surface area (Å²) in [7, 11) is 0. The molecule has 0 radical (unpaired) electrons. The van der Waals surface area contributed by atoms with Gasteiger partial charge in [-0.25, -0.2) is 4.79 Å². The van der Waals surface area contributed by atoms with Crippen LogP contribution in [0.3, 0.4) is 0 Å². The second-order valence-corrected chi connectivity index (χ2v) is 10.7. The van der Waals surface area contributed by atoms with Crippen molar-refractivity contribution in [3.63, 3.8) is 0 Å². The van der Waals surface area contributed by atoms with Gasteiger partial charge in [0, 0.05) is 41.2 Å². The number of nitrogens with zero attached hydrogens (tertiary/aromatic N) is 2. The average Bonchev–Trinajstić information content (AvgIpc) is 3.44. The van der Waals surface area contributed by atoms with Gasteiger partial charge in [0.25, 0.3) is 23.6 Å². The van der Waals surface area contributed by atoms with E-state index in [0.29, 0.717) is 55.7 Å². The molecule has 48 heavy (non-hydrogen) atoms. The summed E-state index contributed by atoms with van der Waals surface area (Å²) in [4.78, 5) is 80.3. The summed E-state index contributed by atoms with van der Waals surface area (Å²) in [6, 6.07) is 13.5. The number of nitrogens with two attached hydrogens (primary N) is 2. The lowest BCUT2D eigenvalue weighted by atomic mass is 10.1. The molecule has 3 aromatic carbocycles. The molecule has 10 N–H and O–H groups in total. The van der Waals surface area contributed by atoms with Crippen molar-refractivity contribution in [2.45, 2.75) is 25.8 Å². The highest BCUT2D eigenvalue weighted by atomic mass is 16.2. The Kier molecular flexibility index (Phi) is 12.0. The van der Waals surface area contributed by atoms with Gasteiger partial charge in [0.15, 0.2) is 5.78 Å². The first kappa shape index (κ1) is 34.9. The summed E-state index contributed by atoms with van der Waals surface area (Å²) >= 11 is 0. The maximum Gasteiger partial charge on any atom is 0.323 e. The molecule has 4 rings (SSSR count). The third-order valence-electron chi connectivity index (χ3n) is 6.88. The fraction of sp³-hybridized carbons (Fsp3) is 0.250. The number of benzene rings is 3. The summed E-state index contributed by atoms with van der Waals surface area (Å²) in [5.41, 5.74) is 13.0. The van der Waals surface area contributed by atoms with Crippen LogP contribution >= 0.6 is 0 Å². The third kappa shape index (κ3) is 9.51. The van der Waals surface area contributed by atoms with E-state index >= 15 is 0 Å². The van der Waals surface area contributed by atoms with Crippen molar-refractivity contribution in [1.82, 2.24) is 20.6 Å². The normalized spacial score (nSPS) is 11.6. The first-order chi connectivity index (χ1) is 23.1. The number of carbonyl (C=O) groups excluding carboxylic acids is 5. The lowest BCUT2D eigenvalue weighted by molar-refractivity contribution is -0.126. The number of fused-ring (bicyclic) bond motifs is 1. The number of nitrogens with one attached hydrogen (secondary N) is 6. The summed E-state index contributed by atoms with van der Waals surface area (Å²) in [6.07, 6.45) is 1.14. The van der Waals surface area contributed by atoms with Gasteiger partial charge in [-0.2, -0.15) is 10.2 Å². The number of rotatable bonds is 15. The van der Waals surface area contributed by atoms with Crippen molar-refractivity contribution in [2.75, 3.05) is 36.8 Å². The molecule has 0 aliphatic heterocycles. The molecular formula is C32H36N10O6. The number of carbonyl (C=O) groups is 5. The molecule has 16 heteroatoms. The Bertz CT molecular complexity index is 1860. The highest BCUT2D eigenvalue weighted by Crippen LogP contribution is 2.20. The molecule has 250 valence electrons. The average molecular weight is 657 g/mol. The van der Waals surface area contributed by atoms with Gasteiger partial charge < -0.3 is 42.7 Å². The van der Waals surface area contributed by atoms with E-state index in [9.17, 15) is 28.8 Å². The monoisotopic (exact) mass is 656 g/mol. The first-order valence-electron chi connectivity index (χ1n) is 15.0. The Morgan fingerprint density at radius 2 is 1.31 bits per heavy atom. The van der Waals surface area contributed by atoms with E-state index in [4.69, 9.17) is 11.5 Å². The number of hydrogen-bond donors (Lipinski definition) is 8. The molecule has 0 aliphatic rings. The topological polar surface area (TPSA) is 259 Å². The highest BCUT2D eigenvalue weighted by Gasteiger charge is 2.23. The van der Waals surface area contributed by atoms with E-state index in [1.165, 1.54) is 55.5 Å². The van der Waals surface area contributed by atoms with Crippen LogP contribution in [-0.2, 0) is 9.59 Å². The van der Waals surface area contributed by atoms with Crippen molar-refractivity contribution in [1.29, 1.82) is 0 Å². The van der Waals surface area contributed by atoms with Crippen LogP contribution in [0.25, 0.3) is 11.0 Å². The van der Waals surface area contributed by atoms with Crippen LogP contribution < -0.4 is 38.4 Å². The Balaban J connectivity index is 1.45. The number of H-pyrrole nitrogens is 2. The zero-order chi connectivity index (χ0) is 34.6. The van der Waals surface area contributed by atoms with Gasteiger partial charge >= 0.3 is 5.69 Å². The van der Waals surface area contributed by atoms with Crippen LogP contribution in [-0.4, -0.2) is 71.6 Å². The summed E-state index contributed by atoms with van der Waals surface area (Å²) in [5.74, 6) is -2.66. The van der Waals surface area contributed by atoms with Crippen molar-refractivity contribution in [3.05, 3.63) is 87.8 Å². The van der Waals surface area contributed by atoms with Gasteiger partial charge in [0.1, 0.15) is 0 Å². The van der Waals surface area contributed by atoms with Gasteiger partial charge in [0.05, 0.1) is 16.7 Å². The van der Waals surface area contributed by atoms with E-state index in [0.717, 1.165) is 0 Å². The van der Waals surface area contributed by atoms with Crippen LogP contribution in [0, 0.1) is 0 Å². The lowest BCUT2D eigenvalue weighted by Crippen LogP contribution is -2.31. The Labute approximate surface area is 274 Å². The number of hydrogen-bond acceptors (Lipinski definition) is 10. The largest absolute Gasteiger partial charge is 0.352 e. The predicted octanol–water partition coefficient (Wildman–Crippen LogP) is 1.95.